The number of carbonyl (C=O) groups excluding carboxylic acids is 2. The minimum atomic E-state index is -0.458. The van der Waals surface area contributed by atoms with Gasteiger partial charge in [0, 0.05) is 11.0 Å². The third kappa shape index (κ3) is 6.09. The van der Waals surface area contributed by atoms with E-state index in [-0.39, 0.29) is 19.1 Å². The highest BCUT2D eigenvalue weighted by atomic mass is 32.1. The lowest BCUT2D eigenvalue weighted by atomic mass is 10.2. The summed E-state index contributed by atoms with van der Waals surface area (Å²) in [6.07, 6.45) is 3.73. The monoisotopic (exact) mass is 414 g/mol. The molecule has 29 heavy (non-hydrogen) atoms. The first-order chi connectivity index (χ1) is 14.0. The number of esters is 1. The summed E-state index contributed by atoms with van der Waals surface area (Å²) in [4.78, 5) is 25.4. The largest absolute Gasteiger partial charge is 0.493 e. The average Bonchev–Trinajstić information content (AvgIpc) is 3.14. The van der Waals surface area contributed by atoms with Crippen molar-refractivity contribution in [2.45, 2.75) is 20.3 Å². The summed E-state index contributed by atoms with van der Waals surface area (Å²) in [6.45, 7) is 3.89. The Morgan fingerprint density at radius 3 is 2.69 bits per heavy atom. The number of methoxy groups -OCH3 is 1. The quantitative estimate of drug-likeness (QED) is 0.491. The summed E-state index contributed by atoms with van der Waals surface area (Å²) in [7, 11) is 1.49. The van der Waals surface area contributed by atoms with Gasteiger partial charge in [0.2, 0.25) is 5.91 Å². The highest BCUT2D eigenvalue weighted by Gasteiger charge is 2.18. The number of thiophene rings is 1. The fourth-order valence-corrected chi connectivity index (χ4v) is 3.40. The van der Waals surface area contributed by atoms with Crippen molar-refractivity contribution >= 4 is 34.3 Å². The number of nitrogens with zero attached hydrogens (tertiary/aromatic N) is 1. The van der Waals surface area contributed by atoms with E-state index < -0.39 is 5.97 Å². The number of nitrogens with one attached hydrogen (secondary N) is 1. The molecule has 1 aromatic heterocycles. The normalized spacial score (nSPS) is 10.4. The highest BCUT2D eigenvalue weighted by molar-refractivity contribution is 7.16. The first-order valence-corrected chi connectivity index (χ1v) is 9.80. The van der Waals surface area contributed by atoms with Gasteiger partial charge < -0.3 is 19.5 Å². The van der Waals surface area contributed by atoms with E-state index in [1.807, 2.05) is 13.0 Å². The summed E-state index contributed by atoms with van der Waals surface area (Å²) in [5.41, 5.74) is 1.07. The maximum Gasteiger partial charge on any atom is 0.341 e. The molecule has 0 atom stereocenters. The molecular formula is C21H22N2O5S. The van der Waals surface area contributed by atoms with Gasteiger partial charge in [-0.15, -0.1) is 11.3 Å². The van der Waals surface area contributed by atoms with E-state index in [4.69, 9.17) is 19.5 Å². The molecule has 0 aliphatic rings. The number of aryl methyl sites for hydroxylation is 1. The molecule has 0 saturated heterocycles. The molecule has 2 aromatic rings. The van der Waals surface area contributed by atoms with Gasteiger partial charge in [-0.2, -0.15) is 5.26 Å². The lowest BCUT2D eigenvalue weighted by Crippen LogP contribution is -2.11. The first kappa shape index (κ1) is 22.0. The molecular weight excluding hydrogens is 392 g/mol. The van der Waals surface area contributed by atoms with Crippen LogP contribution in [0.25, 0.3) is 6.08 Å². The summed E-state index contributed by atoms with van der Waals surface area (Å²) in [5.74, 6) is 0.0721. The third-order valence-electron chi connectivity index (χ3n) is 3.77. The second kappa shape index (κ2) is 10.9. The zero-order valence-corrected chi connectivity index (χ0v) is 17.3. The molecule has 1 N–H and O–H groups in total. The summed E-state index contributed by atoms with van der Waals surface area (Å²) in [5, 5.41) is 11.8. The zero-order chi connectivity index (χ0) is 21.2. The SMILES string of the molecule is CCOC(=O)c1cc(CC)sc1NC(=O)/C=C/c1ccc(OCC#N)c(OC)c1. The molecule has 7 nitrogen and oxygen atoms in total. The Balaban J connectivity index is 2.13. The Hall–Kier alpha value is -3.31. The van der Waals surface area contributed by atoms with Crippen LogP contribution in [0.15, 0.2) is 30.3 Å². The molecule has 0 saturated carbocycles. The van der Waals surface area contributed by atoms with Gasteiger partial charge in [-0.1, -0.05) is 13.0 Å². The Morgan fingerprint density at radius 2 is 2.03 bits per heavy atom. The van der Waals surface area contributed by atoms with Crippen LogP contribution in [-0.4, -0.2) is 32.2 Å². The van der Waals surface area contributed by atoms with E-state index in [1.54, 1.807) is 37.3 Å². The van der Waals surface area contributed by atoms with Crippen molar-refractivity contribution in [2.75, 3.05) is 25.6 Å². The molecule has 0 aliphatic carbocycles. The van der Waals surface area contributed by atoms with Gasteiger partial charge in [-0.05, 0) is 43.2 Å². The van der Waals surface area contributed by atoms with Crippen molar-refractivity contribution in [1.29, 1.82) is 5.26 Å². The summed E-state index contributed by atoms with van der Waals surface area (Å²) in [6, 6.07) is 8.74. The minimum Gasteiger partial charge on any atom is -0.493 e. The van der Waals surface area contributed by atoms with E-state index >= 15 is 0 Å². The minimum absolute atomic E-state index is 0.0860. The Morgan fingerprint density at radius 1 is 1.24 bits per heavy atom. The van der Waals surface area contributed by atoms with Crippen LogP contribution in [-0.2, 0) is 16.0 Å². The number of ether oxygens (including phenoxy) is 3. The van der Waals surface area contributed by atoms with Crippen molar-refractivity contribution in [3.05, 3.63) is 46.3 Å². The Labute approximate surface area is 173 Å². The first-order valence-electron chi connectivity index (χ1n) is 8.99. The number of hydrogen-bond acceptors (Lipinski definition) is 7. The van der Waals surface area contributed by atoms with Crippen LogP contribution < -0.4 is 14.8 Å². The van der Waals surface area contributed by atoms with E-state index in [9.17, 15) is 9.59 Å². The van der Waals surface area contributed by atoms with E-state index in [1.165, 1.54) is 24.5 Å². The molecule has 0 spiro atoms. The molecule has 152 valence electrons. The summed E-state index contributed by atoms with van der Waals surface area (Å²) >= 11 is 1.35. The molecule has 8 heteroatoms. The van der Waals surface area contributed by atoms with Gasteiger partial charge in [-0.25, -0.2) is 4.79 Å². The Kier molecular flexibility index (Phi) is 8.25. The van der Waals surface area contributed by atoms with Crippen molar-refractivity contribution < 1.29 is 23.8 Å². The molecule has 1 heterocycles. The molecule has 1 amide bonds. The van der Waals surface area contributed by atoms with Crippen LogP contribution in [0, 0.1) is 11.3 Å². The van der Waals surface area contributed by atoms with Crippen molar-refractivity contribution in [3.63, 3.8) is 0 Å². The molecule has 1 aromatic carbocycles. The second-order valence-corrected chi connectivity index (χ2v) is 6.85. The average molecular weight is 414 g/mol. The van der Waals surface area contributed by atoms with E-state index in [2.05, 4.69) is 5.32 Å². The molecule has 0 bridgehead atoms. The fourth-order valence-electron chi connectivity index (χ4n) is 2.41. The van der Waals surface area contributed by atoms with Crippen molar-refractivity contribution in [1.82, 2.24) is 0 Å². The maximum atomic E-state index is 12.3. The fraction of sp³-hybridized carbons (Fsp3) is 0.286. The number of rotatable bonds is 9. The van der Waals surface area contributed by atoms with Crippen molar-refractivity contribution in [3.8, 4) is 17.6 Å². The molecule has 0 unspecified atom stereocenters. The number of benzene rings is 1. The van der Waals surface area contributed by atoms with Crippen LogP contribution in [0.3, 0.4) is 0 Å². The second-order valence-electron chi connectivity index (χ2n) is 5.71. The predicted molar refractivity (Wildman–Crippen MR) is 111 cm³/mol. The third-order valence-corrected chi connectivity index (χ3v) is 4.97. The van der Waals surface area contributed by atoms with Crippen LogP contribution in [0.2, 0.25) is 0 Å². The lowest BCUT2D eigenvalue weighted by Gasteiger charge is -2.08. The van der Waals surface area contributed by atoms with Gasteiger partial charge in [0.1, 0.15) is 11.1 Å². The number of anilines is 1. The highest BCUT2D eigenvalue weighted by Crippen LogP contribution is 2.30. The van der Waals surface area contributed by atoms with E-state index in [0.717, 1.165) is 11.3 Å². The molecule has 2 rings (SSSR count). The van der Waals surface area contributed by atoms with Crippen LogP contribution in [0.1, 0.15) is 34.6 Å². The van der Waals surface area contributed by atoms with Gasteiger partial charge in [0.05, 0.1) is 19.3 Å². The van der Waals surface area contributed by atoms with Gasteiger partial charge in [-0.3, -0.25) is 4.79 Å². The predicted octanol–water partition coefficient (Wildman–Crippen LogP) is 4.05. The lowest BCUT2D eigenvalue weighted by molar-refractivity contribution is -0.111. The van der Waals surface area contributed by atoms with Crippen molar-refractivity contribution in [2.24, 2.45) is 0 Å². The van der Waals surface area contributed by atoms with E-state index in [0.29, 0.717) is 27.6 Å². The van der Waals surface area contributed by atoms with Gasteiger partial charge >= 0.3 is 5.97 Å². The van der Waals surface area contributed by atoms with Crippen LogP contribution in [0.4, 0.5) is 5.00 Å². The number of hydrogen-bond donors (Lipinski definition) is 1. The zero-order valence-electron chi connectivity index (χ0n) is 16.5. The topological polar surface area (TPSA) is 97.6 Å². The molecule has 0 aliphatic heterocycles. The number of nitriles is 1. The van der Waals surface area contributed by atoms with Crippen LogP contribution >= 0.6 is 11.3 Å². The smallest absolute Gasteiger partial charge is 0.341 e. The number of carbonyl (C=O) groups is 2. The number of amides is 1. The maximum absolute atomic E-state index is 12.3. The Bertz CT molecular complexity index is 943. The van der Waals surface area contributed by atoms with Gasteiger partial charge in [0.15, 0.2) is 18.1 Å². The van der Waals surface area contributed by atoms with Crippen LogP contribution in [0.5, 0.6) is 11.5 Å². The standard InChI is InChI=1S/C21H22N2O5S/c1-4-15-13-16(21(25)27-5-2)20(29-15)23-19(24)9-7-14-6-8-17(28-11-10-22)18(12-14)26-3/h6-9,12-13H,4-5,11H2,1-3H3,(H,23,24)/b9-7+. The van der Waals surface area contributed by atoms with Gasteiger partial charge in [0.25, 0.3) is 0 Å². The molecule has 0 radical (unpaired) electrons. The molecule has 0 fully saturated rings. The summed E-state index contributed by atoms with van der Waals surface area (Å²) < 4.78 is 15.6.